The summed E-state index contributed by atoms with van der Waals surface area (Å²) >= 11 is 0. The van der Waals surface area contributed by atoms with E-state index in [1.807, 2.05) is 4.90 Å². The van der Waals surface area contributed by atoms with Crippen LogP contribution >= 0.6 is 0 Å². The van der Waals surface area contributed by atoms with Crippen LogP contribution in [0.2, 0.25) is 0 Å². The van der Waals surface area contributed by atoms with Gasteiger partial charge in [-0.15, -0.1) is 6.58 Å². The van der Waals surface area contributed by atoms with Gasteiger partial charge in [0, 0.05) is 12.5 Å². The topological polar surface area (TPSA) is 38.8 Å². The Morgan fingerprint density at radius 3 is 3.05 bits per heavy atom. The van der Waals surface area contributed by atoms with Crippen LogP contribution in [0.15, 0.2) is 24.8 Å². The van der Waals surface area contributed by atoms with Gasteiger partial charge in [0.2, 0.25) is 5.91 Å². The molecule has 4 atom stereocenters. The molecule has 0 unspecified atom stereocenters. The van der Waals surface area contributed by atoms with Crippen LogP contribution in [0.3, 0.4) is 0 Å². The Hall–Kier alpha value is -1.13. The predicted octanol–water partition coefficient (Wildman–Crippen LogP) is 2.30. The normalized spacial score (nSPS) is 35.5. The third-order valence-electron chi connectivity index (χ3n) is 4.86. The minimum atomic E-state index is 0.00795. The van der Waals surface area contributed by atoms with Crippen molar-refractivity contribution < 1.29 is 14.3 Å². The van der Waals surface area contributed by atoms with E-state index in [0.29, 0.717) is 25.7 Å². The minimum absolute atomic E-state index is 0.00795. The van der Waals surface area contributed by atoms with Gasteiger partial charge in [-0.25, -0.2) is 0 Å². The molecule has 3 aliphatic rings. The number of fused-ring (bicyclic) bond motifs is 2. The number of rotatable bonds is 4. The average Bonchev–Trinajstić information content (AvgIpc) is 2.81. The van der Waals surface area contributed by atoms with Crippen LogP contribution in [0, 0.1) is 5.92 Å². The molecule has 116 valence electrons. The molecule has 1 amide bonds. The summed E-state index contributed by atoms with van der Waals surface area (Å²) in [7, 11) is 0. The number of nitrogens with zero attached hydrogens (tertiary/aromatic N) is 1. The van der Waals surface area contributed by atoms with Gasteiger partial charge in [0.25, 0.3) is 0 Å². The van der Waals surface area contributed by atoms with Gasteiger partial charge >= 0.3 is 0 Å². The molecule has 4 nitrogen and oxygen atoms in total. The van der Waals surface area contributed by atoms with Crippen molar-refractivity contribution in [2.24, 2.45) is 5.92 Å². The van der Waals surface area contributed by atoms with E-state index >= 15 is 0 Å². The molecule has 0 aromatic carbocycles. The second-order valence-electron chi connectivity index (χ2n) is 6.15. The Labute approximate surface area is 126 Å². The maximum atomic E-state index is 12.9. The van der Waals surface area contributed by atoms with E-state index in [1.165, 1.54) is 0 Å². The van der Waals surface area contributed by atoms with Gasteiger partial charge in [-0.2, -0.15) is 0 Å². The van der Waals surface area contributed by atoms with Crippen LogP contribution in [0.4, 0.5) is 0 Å². The van der Waals surface area contributed by atoms with Crippen molar-refractivity contribution in [3.63, 3.8) is 0 Å². The molecule has 0 radical (unpaired) electrons. The molecule has 1 saturated carbocycles. The Balaban J connectivity index is 1.72. The van der Waals surface area contributed by atoms with Gasteiger partial charge in [0.05, 0.1) is 25.4 Å². The highest BCUT2D eigenvalue weighted by atomic mass is 16.5. The van der Waals surface area contributed by atoms with E-state index in [1.54, 1.807) is 6.08 Å². The summed E-state index contributed by atoms with van der Waals surface area (Å²) in [6.45, 7) is 5.57. The zero-order chi connectivity index (χ0) is 14.7. The average molecular weight is 291 g/mol. The Bertz CT molecular complexity index is 420. The molecule has 0 aromatic heterocycles. The van der Waals surface area contributed by atoms with Crippen LogP contribution in [0.5, 0.6) is 0 Å². The van der Waals surface area contributed by atoms with Crippen molar-refractivity contribution in [2.45, 2.75) is 50.4 Å². The largest absolute Gasteiger partial charge is 0.374 e. The number of amides is 1. The van der Waals surface area contributed by atoms with E-state index in [0.717, 1.165) is 32.1 Å². The van der Waals surface area contributed by atoms with Crippen molar-refractivity contribution in [3.05, 3.63) is 24.8 Å². The molecule has 1 saturated heterocycles. The lowest BCUT2D eigenvalue weighted by Gasteiger charge is -2.34. The smallest absolute Gasteiger partial charge is 0.226 e. The van der Waals surface area contributed by atoms with Crippen LogP contribution < -0.4 is 0 Å². The van der Waals surface area contributed by atoms with Crippen LogP contribution in [0.25, 0.3) is 0 Å². The maximum absolute atomic E-state index is 12.9. The molecule has 1 heterocycles. The van der Waals surface area contributed by atoms with Crippen molar-refractivity contribution in [1.29, 1.82) is 0 Å². The van der Waals surface area contributed by atoms with Gasteiger partial charge in [-0.1, -0.05) is 18.2 Å². The Morgan fingerprint density at radius 1 is 1.38 bits per heavy atom. The molecule has 21 heavy (non-hydrogen) atoms. The predicted molar refractivity (Wildman–Crippen MR) is 80.9 cm³/mol. The quantitative estimate of drug-likeness (QED) is 0.746. The molecule has 0 aromatic rings. The molecule has 0 spiro atoms. The fraction of sp³-hybridized carbons (Fsp3) is 0.706. The molecule has 2 aliphatic carbocycles. The van der Waals surface area contributed by atoms with Gasteiger partial charge in [0.15, 0.2) is 0 Å². The van der Waals surface area contributed by atoms with Crippen LogP contribution in [0.1, 0.15) is 32.1 Å². The molecule has 3 rings (SSSR count). The molecule has 2 fully saturated rings. The number of allylic oxidation sites excluding steroid dienone is 2. The monoisotopic (exact) mass is 291 g/mol. The summed E-state index contributed by atoms with van der Waals surface area (Å²) in [5.74, 6) is 0.440. The second kappa shape index (κ2) is 6.75. The van der Waals surface area contributed by atoms with Gasteiger partial charge in [0.1, 0.15) is 6.10 Å². The number of carbonyl (C=O) groups excluding carboxylic acids is 1. The molecule has 2 bridgehead atoms. The Morgan fingerprint density at radius 2 is 2.29 bits per heavy atom. The molecular formula is C17H25NO3. The van der Waals surface area contributed by atoms with Crippen LogP contribution in [-0.4, -0.2) is 48.8 Å². The van der Waals surface area contributed by atoms with E-state index in [9.17, 15) is 4.79 Å². The third kappa shape index (κ3) is 3.06. The Kier molecular flexibility index (Phi) is 4.76. The summed E-state index contributed by atoms with van der Waals surface area (Å²) < 4.78 is 11.8. The second-order valence-corrected chi connectivity index (χ2v) is 6.15. The first-order chi connectivity index (χ1) is 10.3. The third-order valence-corrected chi connectivity index (χ3v) is 4.86. The highest BCUT2D eigenvalue weighted by molar-refractivity contribution is 5.79. The molecule has 4 heteroatoms. The van der Waals surface area contributed by atoms with Crippen molar-refractivity contribution >= 4 is 5.91 Å². The highest BCUT2D eigenvalue weighted by Crippen LogP contribution is 2.34. The zero-order valence-corrected chi connectivity index (χ0v) is 12.6. The van der Waals surface area contributed by atoms with Crippen LogP contribution in [-0.2, 0) is 14.3 Å². The summed E-state index contributed by atoms with van der Waals surface area (Å²) in [6.07, 6.45) is 11.1. The van der Waals surface area contributed by atoms with E-state index in [-0.39, 0.29) is 24.2 Å². The van der Waals surface area contributed by atoms with Gasteiger partial charge < -0.3 is 14.4 Å². The first kappa shape index (κ1) is 14.8. The standard InChI is InChI=1S/C17H25NO3/c1-2-11-21-16-14-8-9-15(16)20-12-10-18(14)17(19)13-6-4-3-5-7-13/h2-4,13-16H,1,5-12H2/t13-,14+,15+,16-/m0/s1. The summed E-state index contributed by atoms with van der Waals surface area (Å²) in [4.78, 5) is 14.9. The highest BCUT2D eigenvalue weighted by Gasteiger charge is 2.45. The number of ether oxygens (including phenoxy) is 2. The SMILES string of the molecule is C=CCO[C@H]1[C@H]2CC[C@H]1OCCN2C(=O)[C@H]1CC=CCC1. The van der Waals surface area contributed by atoms with E-state index < -0.39 is 0 Å². The lowest BCUT2D eigenvalue weighted by Crippen LogP contribution is -2.48. The molecule has 1 aliphatic heterocycles. The fourth-order valence-electron chi connectivity index (χ4n) is 3.81. The van der Waals surface area contributed by atoms with Crippen molar-refractivity contribution in [2.75, 3.05) is 19.8 Å². The summed E-state index contributed by atoms with van der Waals surface area (Å²) in [5.41, 5.74) is 0. The number of hydrogen-bond acceptors (Lipinski definition) is 3. The van der Waals surface area contributed by atoms with Gasteiger partial charge in [-0.3, -0.25) is 4.79 Å². The fourth-order valence-corrected chi connectivity index (χ4v) is 3.81. The molecule has 0 N–H and O–H groups in total. The first-order valence-electron chi connectivity index (χ1n) is 8.11. The maximum Gasteiger partial charge on any atom is 0.226 e. The van der Waals surface area contributed by atoms with E-state index in [2.05, 4.69) is 18.7 Å². The van der Waals surface area contributed by atoms with Crippen molar-refractivity contribution in [1.82, 2.24) is 4.90 Å². The molecular weight excluding hydrogens is 266 g/mol. The first-order valence-corrected chi connectivity index (χ1v) is 8.11. The van der Waals surface area contributed by atoms with Crippen molar-refractivity contribution in [3.8, 4) is 0 Å². The summed E-state index contributed by atoms with van der Waals surface area (Å²) in [6, 6.07) is 0.177. The van der Waals surface area contributed by atoms with Gasteiger partial charge in [-0.05, 0) is 32.1 Å². The lowest BCUT2D eigenvalue weighted by molar-refractivity contribution is -0.140. The minimum Gasteiger partial charge on any atom is -0.374 e. The van der Waals surface area contributed by atoms with E-state index in [4.69, 9.17) is 9.47 Å². The zero-order valence-electron chi connectivity index (χ0n) is 12.6. The number of hydrogen-bond donors (Lipinski definition) is 0. The number of carbonyl (C=O) groups is 1. The summed E-state index contributed by atoms with van der Waals surface area (Å²) in [5, 5.41) is 0. The lowest BCUT2D eigenvalue weighted by atomic mass is 9.92.